The van der Waals surface area contributed by atoms with Crippen LogP contribution in [0, 0.1) is 25.2 Å². The first-order chi connectivity index (χ1) is 11.2. The Labute approximate surface area is 134 Å². The molecular weight excluding hydrogens is 290 g/mol. The van der Waals surface area contributed by atoms with E-state index in [1.165, 1.54) is 17.3 Å². The van der Waals surface area contributed by atoms with E-state index in [4.69, 9.17) is 10.1 Å². The number of rotatable bonds is 4. The Hall–Kier alpha value is -2.94. The lowest BCUT2D eigenvalue weighted by Crippen LogP contribution is -2.21. The SMILES string of the molecule is Cc1ccc(C2=NO[C@@H](CNc3nccnc3C#N)C2)cc1C. The molecule has 0 saturated carbocycles. The first-order valence-corrected chi connectivity index (χ1v) is 7.42. The van der Waals surface area contributed by atoms with Crippen LogP contribution in [0.1, 0.15) is 28.8 Å². The maximum Gasteiger partial charge on any atom is 0.182 e. The molecule has 1 aliphatic heterocycles. The summed E-state index contributed by atoms with van der Waals surface area (Å²) in [7, 11) is 0. The third kappa shape index (κ3) is 3.29. The first kappa shape index (κ1) is 15.0. The van der Waals surface area contributed by atoms with Crippen molar-refractivity contribution in [3.05, 3.63) is 53.0 Å². The number of anilines is 1. The van der Waals surface area contributed by atoms with Crippen molar-refractivity contribution >= 4 is 11.5 Å². The highest BCUT2D eigenvalue weighted by Crippen LogP contribution is 2.19. The van der Waals surface area contributed by atoms with Crippen molar-refractivity contribution < 1.29 is 4.84 Å². The molecule has 2 heterocycles. The molecule has 1 N–H and O–H groups in total. The summed E-state index contributed by atoms with van der Waals surface area (Å²) in [5.41, 5.74) is 4.82. The van der Waals surface area contributed by atoms with Gasteiger partial charge in [-0.3, -0.25) is 0 Å². The van der Waals surface area contributed by atoms with E-state index in [9.17, 15) is 0 Å². The Morgan fingerprint density at radius 1 is 1.26 bits per heavy atom. The summed E-state index contributed by atoms with van der Waals surface area (Å²) >= 11 is 0. The number of nitrogens with one attached hydrogen (secondary N) is 1. The zero-order valence-electron chi connectivity index (χ0n) is 13.1. The number of hydrogen-bond acceptors (Lipinski definition) is 6. The van der Waals surface area contributed by atoms with Crippen LogP contribution in [0.3, 0.4) is 0 Å². The quantitative estimate of drug-likeness (QED) is 0.938. The van der Waals surface area contributed by atoms with Crippen molar-refractivity contribution in [1.82, 2.24) is 9.97 Å². The van der Waals surface area contributed by atoms with E-state index in [2.05, 4.69) is 52.5 Å². The van der Waals surface area contributed by atoms with Crippen molar-refractivity contribution in [2.45, 2.75) is 26.4 Å². The third-order valence-electron chi connectivity index (χ3n) is 3.87. The van der Waals surface area contributed by atoms with Crippen LogP contribution in [0.2, 0.25) is 0 Å². The van der Waals surface area contributed by atoms with E-state index in [-0.39, 0.29) is 11.8 Å². The van der Waals surface area contributed by atoms with Crippen molar-refractivity contribution in [3.63, 3.8) is 0 Å². The minimum atomic E-state index is -0.0832. The minimum Gasteiger partial charge on any atom is -0.390 e. The van der Waals surface area contributed by atoms with Gasteiger partial charge in [0.25, 0.3) is 0 Å². The van der Waals surface area contributed by atoms with Crippen LogP contribution in [-0.2, 0) is 4.84 Å². The van der Waals surface area contributed by atoms with Gasteiger partial charge < -0.3 is 10.2 Å². The van der Waals surface area contributed by atoms with Gasteiger partial charge in [0.05, 0.1) is 12.3 Å². The molecule has 2 aromatic rings. The molecular formula is C17H17N5O. The van der Waals surface area contributed by atoms with Crippen LogP contribution < -0.4 is 5.32 Å². The van der Waals surface area contributed by atoms with Gasteiger partial charge in [-0.05, 0) is 36.6 Å². The molecule has 116 valence electrons. The summed E-state index contributed by atoms with van der Waals surface area (Å²) in [6.45, 7) is 4.70. The Balaban J connectivity index is 1.61. The van der Waals surface area contributed by atoms with Gasteiger partial charge in [0.15, 0.2) is 11.5 Å². The third-order valence-corrected chi connectivity index (χ3v) is 3.87. The Morgan fingerprint density at radius 3 is 2.87 bits per heavy atom. The second-order valence-electron chi connectivity index (χ2n) is 5.51. The number of nitrogens with zero attached hydrogens (tertiary/aromatic N) is 4. The number of benzene rings is 1. The molecule has 0 spiro atoms. The molecule has 6 nitrogen and oxygen atoms in total. The maximum absolute atomic E-state index is 9.00. The lowest BCUT2D eigenvalue weighted by molar-refractivity contribution is 0.0948. The van der Waals surface area contributed by atoms with Gasteiger partial charge in [0.2, 0.25) is 0 Å². The van der Waals surface area contributed by atoms with Crippen LogP contribution >= 0.6 is 0 Å². The van der Waals surface area contributed by atoms with Crippen molar-refractivity contribution in [2.24, 2.45) is 5.16 Å². The number of aryl methyl sites for hydroxylation is 2. The van der Waals surface area contributed by atoms with Crippen LogP contribution in [0.4, 0.5) is 5.82 Å². The lowest BCUT2D eigenvalue weighted by atomic mass is 10.0. The van der Waals surface area contributed by atoms with E-state index in [1.54, 1.807) is 6.20 Å². The highest BCUT2D eigenvalue weighted by Gasteiger charge is 2.22. The fourth-order valence-electron chi connectivity index (χ4n) is 2.39. The van der Waals surface area contributed by atoms with Gasteiger partial charge in [0, 0.05) is 18.8 Å². The topological polar surface area (TPSA) is 83.2 Å². The molecule has 0 bridgehead atoms. The maximum atomic E-state index is 9.00. The fraction of sp³-hybridized carbons (Fsp3) is 0.294. The molecule has 1 aliphatic rings. The molecule has 3 rings (SSSR count). The van der Waals surface area contributed by atoms with Crippen LogP contribution in [-0.4, -0.2) is 28.3 Å². The molecule has 0 saturated heterocycles. The van der Waals surface area contributed by atoms with E-state index < -0.39 is 0 Å². The Kier molecular flexibility index (Phi) is 4.20. The van der Waals surface area contributed by atoms with Gasteiger partial charge >= 0.3 is 0 Å². The predicted octanol–water partition coefficient (Wildman–Crippen LogP) is 2.57. The van der Waals surface area contributed by atoms with Crippen LogP contribution in [0.5, 0.6) is 0 Å². The highest BCUT2D eigenvalue weighted by atomic mass is 16.6. The standard InChI is InChI=1S/C17H17N5O/c1-11-3-4-13(7-12(11)2)15-8-14(23-22-15)10-21-17-16(9-18)19-5-6-20-17/h3-7,14H,8,10H2,1-2H3,(H,20,21)/t14-/m1/s1. The van der Waals surface area contributed by atoms with E-state index in [0.29, 0.717) is 12.4 Å². The summed E-state index contributed by atoms with van der Waals surface area (Å²) in [5, 5.41) is 16.3. The van der Waals surface area contributed by atoms with Crippen LogP contribution in [0.15, 0.2) is 35.7 Å². The molecule has 0 aliphatic carbocycles. The number of nitriles is 1. The smallest absolute Gasteiger partial charge is 0.182 e. The van der Waals surface area contributed by atoms with Gasteiger partial charge in [0.1, 0.15) is 12.2 Å². The first-order valence-electron chi connectivity index (χ1n) is 7.42. The number of aromatic nitrogens is 2. The molecule has 1 aromatic heterocycles. The zero-order chi connectivity index (χ0) is 16.2. The van der Waals surface area contributed by atoms with Gasteiger partial charge in [-0.1, -0.05) is 17.3 Å². The summed E-state index contributed by atoms with van der Waals surface area (Å²) in [6, 6.07) is 8.30. The molecule has 0 unspecified atom stereocenters. The van der Waals surface area contributed by atoms with Crippen molar-refractivity contribution in [2.75, 3.05) is 11.9 Å². The Bertz CT molecular complexity index is 794. The van der Waals surface area contributed by atoms with Gasteiger partial charge in [-0.2, -0.15) is 5.26 Å². The van der Waals surface area contributed by atoms with E-state index in [1.807, 2.05) is 6.07 Å². The molecule has 6 heteroatoms. The molecule has 1 atom stereocenters. The summed E-state index contributed by atoms with van der Waals surface area (Å²) in [5.74, 6) is 0.471. The minimum absolute atomic E-state index is 0.0832. The summed E-state index contributed by atoms with van der Waals surface area (Å²) in [6.07, 6.45) is 3.68. The summed E-state index contributed by atoms with van der Waals surface area (Å²) in [4.78, 5) is 13.6. The van der Waals surface area contributed by atoms with Gasteiger partial charge in [-0.15, -0.1) is 0 Å². The van der Waals surface area contributed by atoms with E-state index >= 15 is 0 Å². The van der Waals surface area contributed by atoms with Crippen molar-refractivity contribution in [3.8, 4) is 6.07 Å². The molecule has 0 radical (unpaired) electrons. The Morgan fingerprint density at radius 2 is 2.09 bits per heavy atom. The second-order valence-corrected chi connectivity index (χ2v) is 5.51. The largest absolute Gasteiger partial charge is 0.390 e. The van der Waals surface area contributed by atoms with E-state index in [0.717, 1.165) is 17.7 Å². The molecule has 23 heavy (non-hydrogen) atoms. The van der Waals surface area contributed by atoms with Crippen molar-refractivity contribution in [1.29, 1.82) is 5.26 Å². The monoisotopic (exact) mass is 307 g/mol. The van der Waals surface area contributed by atoms with Crippen LogP contribution in [0.25, 0.3) is 0 Å². The average Bonchev–Trinajstić information content (AvgIpc) is 3.04. The number of oxime groups is 1. The fourth-order valence-corrected chi connectivity index (χ4v) is 2.39. The molecule has 0 fully saturated rings. The second kappa shape index (κ2) is 6.44. The highest BCUT2D eigenvalue weighted by molar-refractivity contribution is 6.01. The normalized spacial score (nSPS) is 16.4. The zero-order valence-corrected chi connectivity index (χ0v) is 13.1. The number of hydrogen-bond donors (Lipinski definition) is 1. The molecule has 1 aromatic carbocycles. The predicted molar refractivity (Wildman–Crippen MR) is 87.2 cm³/mol. The average molecular weight is 307 g/mol. The summed E-state index contributed by atoms with van der Waals surface area (Å²) < 4.78 is 0. The lowest BCUT2D eigenvalue weighted by Gasteiger charge is -2.10. The molecule has 0 amide bonds. The van der Waals surface area contributed by atoms with Gasteiger partial charge in [-0.25, -0.2) is 9.97 Å².